The lowest BCUT2D eigenvalue weighted by atomic mass is 10.3. The molecule has 0 spiro atoms. The molecule has 0 bridgehead atoms. The third-order valence-electron chi connectivity index (χ3n) is 3.05. The maximum Gasteiger partial charge on any atom is 0.208 e. The van der Waals surface area contributed by atoms with Gasteiger partial charge >= 0.3 is 0 Å². The van der Waals surface area contributed by atoms with Crippen LogP contribution in [-0.4, -0.2) is 31.0 Å². The maximum atomic E-state index is 5.46. The number of hydrogen-bond acceptors (Lipinski definition) is 2. The van der Waals surface area contributed by atoms with E-state index in [9.17, 15) is 0 Å². The summed E-state index contributed by atoms with van der Waals surface area (Å²) in [6.07, 6.45) is 3.64. The van der Waals surface area contributed by atoms with Crippen molar-refractivity contribution in [2.24, 2.45) is 22.7 Å². The summed E-state index contributed by atoms with van der Waals surface area (Å²) in [6, 6.07) is 0. The van der Waals surface area contributed by atoms with Crippen LogP contribution in [0.5, 0.6) is 0 Å². The normalized spacial score (nSPS) is 25.2. The van der Waals surface area contributed by atoms with Gasteiger partial charge in [-0.1, -0.05) is 20.3 Å². The monoisotopic (exact) mass is 212 g/mol. The van der Waals surface area contributed by atoms with Gasteiger partial charge in [0, 0.05) is 20.1 Å². The van der Waals surface area contributed by atoms with Gasteiger partial charge < -0.3 is 4.90 Å². The van der Waals surface area contributed by atoms with Crippen molar-refractivity contribution in [2.45, 2.75) is 33.1 Å². The topological polar surface area (TPSA) is 53.6 Å². The highest BCUT2D eigenvalue weighted by Gasteiger charge is 2.33. The molecule has 1 fully saturated rings. The second-order valence-electron chi connectivity index (χ2n) is 4.56. The van der Waals surface area contributed by atoms with Crippen molar-refractivity contribution >= 4 is 5.96 Å². The van der Waals surface area contributed by atoms with E-state index in [-0.39, 0.29) is 0 Å². The number of aliphatic imine (C=N–C) groups is 1. The number of hydrazine groups is 1. The summed E-state index contributed by atoms with van der Waals surface area (Å²) in [6.45, 7) is 6.39. The highest BCUT2D eigenvalue weighted by molar-refractivity contribution is 5.79. The fourth-order valence-corrected chi connectivity index (χ4v) is 1.71. The minimum atomic E-state index is 0.822. The van der Waals surface area contributed by atoms with Gasteiger partial charge in [-0.25, -0.2) is 5.84 Å². The van der Waals surface area contributed by atoms with Crippen LogP contribution >= 0.6 is 0 Å². The highest BCUT2D eigenvalue weighted by Crippen LogP contribution is 2.37. The van der Waals surface area contributed by atoms with Crippen molar-refractivity contribution in [3.8, 4) is 0 Å². The molecule has 0 amide bonds. The Hall–Kier alpha value is -0.770. The zero-order valence-corrected chi connectivity index (χ0v) is 10.2. The Morgan fingerprint density at radius 3 is 2.73 bits per heavy atom. The Morgan fingerprint density at radius 2 is 2.27 bits per heavy atom. The second kappa shape index (κ2) is 5.95. The highest BCUT2D eigenvalue weighted by atomic mass is 15.4. The summed E-state index contributed by atoms with van der Waals surface area (Å²) >= 11 is 0. The summed E-state index contributed by atoms with van der Waals surface area (Å²) in [5, 5.41) is 0. The fraction of sp³-hybridized carbons (Fsp3) is 0.909. The molecule has 0 aliphatic heterocycles. The number of nitrogens with zero attached hydrogens (tertiary/aromatic N) is 2. The molecule has 0 aromatic heterocycles. The Labute approximate surface area is 92.9 Å². The van der Waals surface area contributed by atoms with Gasteiger partial charge in [-0.3, -0.25) is 10.4 Å². The minimum Gasteiger partial charge on any atom is -0.345 e. The molecule has 15 heavy (non-hydrogen) atoms. The average Bonchev–Trinajstić information content (AvgIpc) is 2.89. The Balaban J connectivity index is 2.31. The summed E-state index contributed by atoms with van der Waals surface area (Å²) in [4.78, 5) is 6.57. The Bertz CT molecular complexity index is 215. The van der Waals surface area contributed by atoms with Gasteiger partial charge in [0.2, 0.25) is 5.96 Å². The van der Waals surface area contributed by atoms with Gasteiger partial charge in [-0.15, -0.1) is 0 Å². The smallest absolute Gasteiger partial charge is 0.208 e. The van der Waals surface area contributed by atoms with Crippen molar-refractivity contribution in [1.29, 1.82) is 0 Å². The molecule has 1 aliphatic carbocycles. The molecule has 0 aromatic carbocycles. The summed E-state index contributed by atoms with van der Waals surface area (Å²) in [5.74, 6) is 8.00. The van der Waals surface area contributed by atoms with E-state index in [0.717, 1.165) is 37.3 Å². The molecule has 2 atom stereocenters. The lowest BCUT2D eigenvalue weighted by Gasteiger charge is -2.20. The molecule has 4 nitrogen and oxygen atoms in total. The first-order valence-electron chi connectivity index (χ1n) is 5.91. The van der Waals surface area contributed by atoms with Crippen molar-refractivity contribution in [3.05, 3.63) is 0 Å². The van der Waals surface area contributed by atoms with E-state index in [4.69, 9.17) is 5.84 Å². The Morgan fingerprint density at radius 1 is 1.60 bits per heavy atom. The molecule has 0 saturated heterocycles. The minimum absolute atomic E-state index is 0.822. The van der Waals surface area contributed by atoms with Crippen LogP contribution in [0.25, 0.3) is 0 Å². The van der Waals surface area contributed by atoms with E-state index >= 15 is 0 Å². The van der Waals surface area contributed by atoms with Gasteiger partial charge in [-0.05, 0) is 24.7 Å². The third kappa shape index (κ3) is 4.08. The Kier molecular flexibility index (Phi) is 4.88. The largest absolute Gasteiger partial charge is 0.345 e. The third-order valence-corrected chi connectivity index (χ3v) is 3.05. The summed E-state index contributed by atoms with van der Waals surface area (Å²) in [7, 11) is 2.05. The molecule has 88 valence electrons. The fourth-order valence-electron chi connectivity index (χ4n) is 1.71. The van der Waals surface area contributed by atoms with Crippen LogP contribution < -0.4 is 11.3 Å². The molecule has 4 heteroatoms. The molecule has 3 N–H and O–H groups in total. The SMILES string of the molecule is CCCCN=C(NN)N(C)CC1CC1C. The van der Waals surface area contributed by atoms with Crippen molar-refractivity contribution in [2.75, 3.05) is 20.1 Å². The number of rotatable bonds is 5. The van der Waals surface area contributed by atoms with E-state index in [2.05, 4.69) is 36.2 Å². The van der Waals surface area contributed by atoms with Gasteiger partial charge in [0.05, 0.1) is 0 Å². The van der Waals surface area contributed by atoms with E-state index in [0.29, 0.717) is 0 Å². The van der Waals surface area contributed by atoms with Crippen molar-refractivity contribution in [1.82, 2.24) is 10.3 Å². The molecule has 1 aliphatic rings. The van der Waals surface area contributed by atoms with Crippen LogP contribution in [0.3, 0.4) is 0 Å². The predicted octanol–water partition coefficient (Wildman–Crippen LogP) is 1.19. The van der Waals surface area contributed by atoms with Crippen LogP contribution in [0.4, 0.5) is 0 Å². The summed E-state index contributed by atoms with van der Waals surface area (Å²) in [5.41, 5.74) is 2.68. The van der Waals surface area contributed by atoms with Crippen LogP contribution in [0.15, 0.2) is 4.99 Å². The molecule has 0 heterocycles. The van der Waals surface area contributed by atoms with Crippen LogP contribution in [0, 0.1) is 11.8 Å². The molecule has 0 aromatic rings. The maximum absolute atomic E-state index is 5.46. The van der Waals surface area contributed by atoms with Crippen molar-refractivity contribution < 1.29 is 0 Å². The van der Waals surface area contributed by atoms with E-state index in [1.165, 1.54) is 12.8 Å². The van der Waals surface area contributed by atoms with Gasteiger partial charge in [0.1, 0.15) is 0 Å². The quantitative estimate of drug-likeness (QED) is 0.237. The van der Waals surface area contributed by atoms with Gasteiger partial charge in [-0.2, -0.15) is 0 Å². The first-order chi connectivity index (χ1) is 7.19. The lowest BCUT2D eigenvalue weighted by Crippen LogP contribution is -2.43. The molecule has 0 radical (unpaired) electrons. The van der Waals surface area contributed by atoms with Crippen molar-refractivity contribution in [3.63, 3.8) is 0 Å². The second-order valence-corrected chi connectivity index (χ2v) is 4.56. The van der Waals surface area contributed by atoms with E-state index < -0.39 is 0 Å². The van der Waals surface area contributed by atoms with Crippen LogP contribution in [0.2, 0.25) is 0 Å². The van der Waals surface area contributed by atoms with Gasteiger partial charge in [0.15, 0.2) is 0 Å². The van der Waals surface area contributed by atoms with E-state index in [1.54, 1.807) is 0 Å². The summed E-state index contributed by atoms with van der Waals surface area (Å²) < 4.78 is 0. The molecule has 1 saturated carbocycles. The number of nitrogens with one attached hydrogen (secondary N) is 1. The number of hydrogen-bond donors (Lipinski definition) is 2. The number of unbranched alkanes of at least 4 members (excludes halogenated alkanes) is 1. The lowest BCUT2D eigenvalue weighted by molar-refractivity contribution is 0.444. The van der Waals surface area contributed by atoms with Gasteiger partial charge in [0.25, 0.3) is 0 Å². The van der Waals surface area contributed by atoms with Crippen LogP contribution in [-0.2, 0) is 0 Å². The standard InChI is InChI=1S/C11H24N4/c1-4-5-6-13-11(14-12)15(3)8-10-7-9(10)2/h9-10H,4-8,12H2,1-3H3,(H,13,14). The predicted molar refractivity (Wildman–Crippen MR) is 64.4 cm³/mol. The first kappa shape index (κ1) is 12.3. The average molecular weight is 212 g/mol. The number of guanidine groups is 1. The molecule has 2 unspecified atom stereocenters. The molecular formula is C11H24N4. The zero-order chi connectivity index (χ0) is 11.3. The molecule has 1 rings (SSSR count). The first-order valence-corrected chi connectivity index (χ1v) is 5.91. The van der Waals surface area contributed by atoms with E-state index in [1.807, 2.05) is 0 Å². The zero-order valence-electron chi connectivity index (χ0n) is 10.2. The number of nitrogens with two attached hydrogens (primary N) is 1. The molecular weight excluding hydrogens is 188 g/mol. The van der Waals surface area contributed by atoms with Crippen LogP contribution in [0.1, 0.15) is 33.1 Å².